The Morgan fingerprint density at radius 1 is 1.22 bits per heavy atom. The predicted molar refractivity (Wildman–Crippen MR) is 77.0 cm³/mol. The summed E-state index contributed by atoms with van der Waals surface area (Å²) in [6.07, 6.45) is 1.11. The van der Waals surface area contributed by atoms with E-state index < -0.39 is 0 Å². The maximum atomic E-state index is 9.18. The van der Waals surface area contributed by atoms with Gasteiger partial charge in [-0.15, -0.1) is 0 Å². The summed E-state index contributed by atoms with van der Waals surface area (Å²) in [5.74, 6) is 0. The van der Waals surface area contributed by atoms with E-state index in [1.165, 1.54) is 5.56 Å². The minimum absolute atomic E-state index is 0.771. The van der Waals surface area contributed by atoms with Crippen molar-refractivity contribution in [2.24, 2.45) is 0 Å². The van der Waals surface area contributed by atoms with E-state index in [0.29, 0.717) is 0 Å². The van der Waals surface area contributed by atoms with E-state index in [-0.39, 0.29) is 0 Å². The van der Waals surface area contributed by atoms with Gasteiger partial charge in [-0.2, -0.15) is 5.26 Å². The molecule has 0 saturated carbocycles. The van der Waals surface area contributed by atoms with Crippen LogP contribution in [0.2, 0.25) is 0 Å². The van der Waals surface area contributed by atoms with Crippen molar-refractivity contribution in [1.29, 1.82) is 5.26 Å². The summed E-state index contributed by atoms with van der Waals surface area (Å²) < 4.78 is 0. The molecule has 0 saturated heterocycles. The van der Waals surface area contributed by atoms with Crippen LogP contribution in [-0.2, 0) is 0 Å². The lowest BCUT2D eigenvalue weighted by atomic mass is 10.1. The quantitative estimate of drug-likeness (QED) is 0.772. The number of rotatable bonds is 6. The molecule has 0 spiro atoms. The number of nitrogens with zero attached hydrogens (tertiary/aromatic N) is 3. The van der Waals surface area contributed by atoms with Gasteiger partial charge in [0.25, 0.3) is 0 Å². The van der Waals surface area contributed by atoms with Gasteiger partial charge >= 0.3 is 0 Å². The van der Waals surface area contributed by atoms with Crippen molar-refractivity contribution in [3.63, 3.8) is 0 Å². The Bertz CT molecular complexity index is 418. The Kier molecular flexibility index (Phi) is 5.67. The zero-order valence-corrected chi connectivity index (χ0v) is 11.9. The first-order valence-corrected chi connectivity index (χ1v) is 6.49. The maximum absolute atomic E-state index is 9.18. The minimum atomic E-state index is 0.771. The number of anilines is 1. The van der Waals surface area contributed by atoms with Crippen LogP contribution in [0.1, 0.15) is 24.5 Å². The molecule has 0 unspecified atom stereocenters. The third-order valence-corrected chi connectivity index (χ3v) is 3.03. The van der Waals surface area contributed by atoms with Crippen molar-refractivity contribution < 1.29 is 0 Å². The highest BCUT2D eigenvalue weighted by Gasteiger charge is 2.09. The fourth-order valence-electron chi connectivity index (χ4n) is 2.02. The molecule has 98 valence electrons. The Labute approximate surface area is 111 Å². The molecule has 3 heteroatoms. The summed E-state index contributed by atoms with van der Waals surface area (Å²) >= 11 is 0. The van der Waals surface area contributed by atoms with Crippen LogP contribution in [-0.4, -0.2) is 38.6 Å². The molecule has 0 amide bonds. The summed E-state index contributed by atoms with van der Waals surface area (Å²) in [4.78, 5) is 4.48. The van der Waals surface area contributed by atoms with Gasteiger partial charge < -0.3 is 9.80 Å². The third kappa shape index (κ3) is 4.05. The Balaban J connectivity index is 2.81. The number of hydrogen-bond acceptors (Lipinski definition) is 3. The van der Waals surface area contributed by atoms with Crippen LogP contribution in [0.25, 0.3) is 0 Å². The first kappa shape index (κ1) is 14.5. The van der Waals surface area contributed by atoms with E-state index in [0.717, 1.165) is 37.3 Å². The average molecular weight is 245 g/mol. The first-order chi connectivity index (χ1) is 8.58. The van der Waals surface area contributed by atoms with Crippen LogP contribution < -0.4 is 4.90 Å². The molecule has 0 aliphatic rings. The molecule has 1 aromatic rings. The van der Waals surface area contributed by atoms with Gasteiger partial charge in [0, 0.05) is 13.1 Å². The second-order valence-corrected chi connectivity index (χ2v) is 4.87. The number of hydrogen-bond donors (Lipinski definition) is 0. The summed E-state index contributed by atoms with van der Waals surface area (Å²) in [6.45, 7) is 7.21. The lowest BCUT2D eigenvalue weighted by Crippen LogP contribution is -2.27. The molecule has 1 aromatic carbocycles. The van der Waals surface area contributed by atoms with Gasteiger partial charge in [0.15, 0.2) is 0 Å². The van der Waals surface area contributed by atoms with Gasteiger partial charge in [-0.3, -0.25) is 0 Å². The zero-order chi connectivity index (χ0) is 13.5. The highest BCUT2D eigenvalue weighted by molar-refractivity contribution is 5.60. The molecule has 0 aromatic heterocycles. The van der Waals surface area contributed by atoms with Crippen LogP contribution in [0.3, 0.4) is 0 Å². The topological polar surface area (TPSA) is 30.3 Å². The molecular weight excluding hydrogens is 222 g/mol. The van der Waals surface area contributed by atoms with Crippen LogP contribution in [0.15, 0.2) is 18.2 Å². The lowest BCUT2D eigenvalue weighted by molar-refractivity contribution is 0.400. The van der Waals surface area contributed by atoms with Gasteiger partial charge in [-0.1, -0.05) is 6.07 Å². The Hall–Kier alpha value is -1.53. The highest BCUT2D eigenvalue weighted by Crippen LogP contribution is 2.21. The van der Waals surface area contributed by atoms with Crippen LogP contribution in [0.5, 0.6) is 0 Å². The normalized spacial score (nSPS) is 10.4. The Morgan fingerprint density at radius 3 is 2.50 bits per heavy atom. The first-order valence-electron chi connectivity index (χ1n) is 6.49. The van der Waals surface area contributed by atoms with E-state index in [1.807, 2.05) is 12.1 Å². The SMILES string of the molecule is CCN(CCCN(C)C)c1cc(C)ccc1C#N. The smallest absolute Gasteiger partial charge is 0.101 e. The standard InChI is InChI=1S/C15H23N3/c1-5-18(10-6-9-17(3)4)15-11-13(2)7-8-14(15)12-16/h7-8,11H,5-6,9-10H2,1-4H3. The van der Waals surface area contributed by atoms with E-state index >= 15 is 0 Å². The van der Waals surface area contributed by atoms with E-state index in [4.69, 9.17) is 0 Å². The van der Waals surface area contributed by atoms with Crippen LogP contribution >= 0.6 is 0 Å². The Morgan fingerprint density at radius 2 is 1.94 bits per heavy atom. The van der Waals surface area contributed by atoms with Crippen molar-refractivity contribution in [2.75, 3.05) is 38.6 Å². The van der Waals surface area contributed by atoms with E-state index in [1.54, 1.807) is 0 Å². The maximum Gasteiger partial charge on any atom is 0.101 e. The lowest BCUT2D eigenvalue weighted by Gasteiger charge is -2.25. The summed E-state index contributed by atoms with van der Waals surface area (Å²) in [7, 11) is 4.17. The second kappa shape index (κ2) is 7.03. The van der Waals surface area contributed by atoms with Gasteiger partial charge in [-0.25, -0.2) is 0 Å². The predicted octanol–water partition coefficient (Wildman–Crippen LogP) is 2.64. The third-order valence-electron chi connectivity index (χ3n) is 3.03. The fourth-order valence-corrected chi connectivity index (χ4v) is 2.02. The van der Waals surface area contributed by atoms with Crippen LogP contribution in [0.4, 0.5) is 5.69 Å². The van der Waals surface area contributed by atoms with Gasteiger partial charge in [0.05, 0.1) is 11.3 Å². The van der Waals surface area contributed by atoms with E-state index in [2.05, 4.69) is 49.9 Å². The number of benzene rings is 1. The molecule has 1 rings (SSSR count). The van der Waals surface area contributed by atoms with Crippen molar-refractivity contribution in [3.05, 3.63) is 29.3 Å². The zero-order valence-electron chi connectivity index (χ0n) is 11.9. The molecule has 0 fully saturated rings. The monoisotopic (exact) mass is 245 g/mol. The minimum Gasteiger partial charge on any atom is -0.371 e. The van der Waals surface area contributed by atoms with Gasteiger partial charge in [-0.05, 0) is 58.6 Å². The number of aryl methyl sites for hydroxylation is 1. The molecule has 0 N–H and O–H groups in total. The molecular formula is C15H23N3. The van der Waals surface area contributed by atoms with Crippen molar-refractivity contribution in [1.82, 2.24) is 4.90 Å². The fraction of sp³-hybridized carbons (Fsp3) is 0.533. The highest BCUT2D eigenvalue weighted by atomic mass is 15.1. The molecule has 0 heterocycles. The average Bonchev–Trinajstić information content (AvgIpc) is 2.34. The van der Waals surface area contributed by atoms with E-state index in [9.17, 15) is 5.26 Å². The molecule has 3 nitrogen and oxygen atoms in total. The van der Waals surface area contributed by atoms with Crippen LogP contribution in [0, 0.1) is 18.3 Å². The van der Waals surface area contributed by atoms with Crippen molar-refractivity contribution in [2.45, 2.75) is 20.3 Å². The summed E-state index contributed by atoms with van der Waals surface area (Å²) in [5, 5.41) is 9.18. The molecule has 0 aliphatic heterocycles. The van der Waals surface area contributed by atoms with Gasteiger partial charge in [0.1, 0.15) is 6.07 Å². The van der Waals surface area contributed by atoms with Gasteiger partial charge in [0.2, 0.25) is 0 Å². The molecule has 0 bridgehead atoms. The van der Waals surface area contributed by atoms with Crippen molar-refractivity contribution in [3.8, 4) is 6.07 Å². The second-order valence-electron chi connectivity index (χ2n) is 4.87. The number of nitriles is 1. The van der Waals surface area contributed by atoms with Crippen molar-refractivity contribution >= 4 is 5.69 Å². The summed E-state index contributed by atoms with van der Waals surface area (Å²) in [5.41, 5.74) is 3.04. The molecule has 18 heavy (non-hydrogen) atoms. The molecule has 0 radical (unpaired) electrons. The largest absolute Gasteiger partial charge is 0.371 e. The summed E-state index contributed by atoms with van der Waals surface area (Å²) in [6, 6.07) is 8.31. The molecule has 0 atom stereocenters. The molecule has 0 aliphatic carbocycles.